The number of nitrogens with one attached hydrogen (secondary N) is 1. The van der Waals surface area contributed by atoms with Crippen LogP contribution in [0.5, 0.6) is 0 Å². The molecule has 1 aromatic carbocycles. The van der Waals surface area contributed by atoms with Gasteiger partial charge in [-0.3, -0.25) is 15.1 Å². The van der Waals surface area contributed by atoms with E-state index in [1.54, 1.807) is 11.3 Å². The Kier molecular flexibility index (Phi) is 3.23. The van der Waals surface area contributed by atoms with Crippen molar-refractivity contribution in [3.8, 4) is 0 Å². The van der Waals surface area contributed by atoms with Crippen LogP contribution in [0.4, 0.5) is 5.69 Å². The second-order valence-electron chi connectivity index (χ2n) is 3.91. The summed E-state index contributed by atoms with van der Waals surface area (Å²) in [5.41, 5.74) is 0.736. The molecule has 19 heavy (non-hydrogen) atoms. The molecular formula is C14H10N2OS2. The van der Waals surface area contributed by atoms with Gasteiger partial charge in [0.05, 0.1) is 10.6 Å². The monoisotopic (exact) mass is 286 g/mol. The van der Waals surface area contributed by atoms with Gasteiger partial charge in [-0.05, 0) is 41.4 Å². The minimum Gasteiger partial charge on any atom is -0.278 e. The number of carbonyl (C=O) groups excluding carboxylic acids is 1. The summed E-state index contributed by atoms with van der Waals surface area (Å²) < 4.78 is 0. The molecule has 0 unspecified atom stereocenters. The van der Waals surface area contributed by atoms with Gasteiger partial charge in [-0.2, -0.15) is 0 Å². The van der Waals surface area contributed by atoms with E-state index in [4.69, 9.17) is 5.41 Å². The number of carbonyl (C=O) groups is 1. The van der Waals surface area contributed by atoms with Crippen LogP contribution in [0.2, 0.25) is 0 Å². The predicted molar refractivity (Wildman–Crippen MR) is 81.5 cm³/mol. The molecule has 1 N–H and O–H groups in total. The third kappa shape index (κ3) is 2.34. The van der Waals surface area contributed by atoms with Crippen molar-refractivity contribution in [3.05, 3.63) is 57.6 Å². The summed E-state index contributed by atoms with van der Waals surface area (Å²) in [5.74, 6) is -0.130. The maximum absolute atomic E-state index is 12.3. The Morgan fingerprint density at radius 1 is 1.11 bits per heavy atom. The van der Waals surface area contributed by atoms with Gasteiger partial charge in [-0.1, -0.05) is 24.3 Å². The number of anilines is 1. The lowest BCUT2D eigenvalue weighted by atomic mass is 10.3. The second kappa shape index (κ2) is 5.03. The molecular weight excluding hydrogens is 276 g/mol. The average Bonchev–Trinajstić information content (AvgIpc) is 3.01. The normalized spacial score (nSPS) is 17.5. The van der Waals surface area contributed by atoms with Gasteiger partial charge in [0, 0.05) is 4.88 Å². The number of nitrogens with zero attached hydrogens (tertiary/aromatic N) is 1. The van der Waals surface area contributed by atoms with Crippen molar-refractivity contribution < 1.29 is 4.79 Å². The molecule has 1 aliphatic rings. The van der Waals surface area contributed by atoms with Crippen LogP contribution in [0.3, 0.4) is 0 Å². The van der Waals surface area contributed by atoms with Crippen molar-refractivity contribution in [1.29, 1.82) is 5.41 Å². The minimum absolute atomic E-state index is 0.130. The summed E-state index contributed by atoms with van der Waals surface area (Å²) in [6, 6.07) is 13.2. The second-order valence-corrected chi connectivity index (χ2v) is 5.92. The van der Waals surface area contributed by atoms with Crippen molar-refractivity contribution in [2.45, 2.75) is 0 Å². The standard InChI is InChI=1S/C14H10N2OS2/c15-14-16(10-5-2-1-3-6-10)13(17)12(19-14)9-11-7-4-8-18-11/h1-9,15H/b12-9-,15-14?. The maximum atomic E-state index is 12.3. The quantitative estimate of drug-likeness (QED) is 0.853. The molecule has 2 aromatic rings. The van der Waals surface area contributed by atoms with Crippen LogP contribution in [0.25, 0.3) is 6.08 Å². The topological polar surface area (TPSA) is 44.2 Å². The largest absolute Gasteiger partial charge is 0.278 e. The molecule has 3 rings (SSSR count). The van der Waals surface area contributed by atoms with E-state index in [1.165, 1.54) is 16.7 Å². The fraction of sp³-hybridized carbons (Fsp3) is 0. The van der Waals surface area contributed by atoms with E-state index < -0.39 is 0 Å². The molecule has 94 valence electrons. The number of amidine groups is 1. The number of rotatable bonds is 2. The highest BCUT2D eigenvalue weighted by atomic mass is 32.2. The molecule has 1 saturated heterocycles. The van der Waals surface area contributed by atoms with Crippen molar-refractivity contribution in [1.82, 2.24) is 0 Å². The molecule has 3 nitrogen and oxygen atoms in total. The highest BCUT2D eigenvalue weighted by molar-refractivity contribution is 8.19. The van der Waals surface area contributed by atoms with Crippen LogP contribution in [0, 0.1) is 5.41 Å². The molecule has 5 heteroatoms. The van der Waals surface area contributed by atoms with E-state index in [0.29, 0.717) is 4.91 Å². The van der Waals surface area contributed by atoms with Gasteiger partial charge in [-0.25, -0.2) is 0 Å². The third-order valence-corrected chi connectivity index (χ3v) is 4.36. The van der Waals surface area contributed by atoms with Crippen molar-refractivity contribution in [2.24, 2.45) is 0 Å². The summed E-state index contributed by atoms with van der Waals surface area (Å²) in [7, 11) is 0. The molecule has 0 spiro atoms. The van der Waals surface area contributed by atoms with Gasteiger partial charge in [0.2, 0.25) is 0 Å². The zero-order chi connectivity index (χ0) is 13.2. The summed E-state index contributed by atoms with van der Waals surface area (Å²) in [4.78, 5) is 15.4. The van der Waals surface area contributed by atoms with Gasteiger partial charge >= 0.3 is 0 Å². The van der Waals surface area contributed by atoms with Gasteiger partial charge in [0.1, 0.15) is 0 Å². The Morgan fingerprint density at radius 2 is 1.89 bits per heavy atom. The lowest BCUT2D eigenvalue weighted by Gasteiger charge is -2.13. The highest BCUT2D eigenvalue weighted by Gasteiger charge is 2.33. The molecule has 0 atom stereocenters. The number of thiophene rings is 1. The minimum atomic E-state index is -0.130. The Bertz CT molecular complexity index is 647. The zero-order valence-electron chi connectivity index (χ0n) is 9.87. The fourth-order valence-corrected chi connectivity index (χ4v) is 3.39. The molecule has 0 radical (unpaired) electrons. The van der Waals surface area contributed by atoms with E-state index in [0.717, 1.165) is 10.6 Å². The lowest BCUT2D eigenvalue weighted by molar-refractivity contribution is -0.113. The Morgan fingerprint density at radius 3 is 2.58 bits per heavy atom. The first-order chi connectivity index (χ1) is 9.25. The fourth-order valence-electron chi connectivity index (χ4n) is 1.80. The summed E-state index contributed by atoms with van der Waals surface area (Å²) >= 11 is 2.78. The zero-order valence-corrected chi connectivity index (χ0v) is 11.5. The number of thioether (sulfide) groups is 1. The van der Waals surface area contributed by atoms with E-state index in [1.807, 2.05) is 53.9 Å². The first-order valence-corrected chi connectivity index (χ1v) is 7.36. The van der Waals surface area contributed by atoms with Crippen LogP contribution < -0.4 is 4.90 Å². The lowest BCUT2D eigenvalue weighted by Crippen LogP contribution is -2.27. The summed E-state index contributed by atoms with van der Waals surface area (Å²) in [5, 5.41) is 10.2. The molecule has 1 fully saturated rings. The Labute approximate surface area is 119 Å². The van der Waals surface area contributed by atoms with Crippen molar-refractivity contribution in [3.63, 3.8) is 0 Å². The number of benzene rings is 1. The Hall–Kier alpha value is -1.85. The van der Waals surface area contributed by atoms with E-state index in [2.05, 4.69) is 0 Å². The van der Waals surface area contributed by atoms with Gasteiger partial charge in [0.25, 0.3) is 5.91 Å². The van der Waals surface area contributed by atoms with E-state index in [9.17, 15) is 4.79 Å². The molecule has 1 aromatic heterocycles. The average molecular weight is 286 g/mol. The van der Waals surface area contributed by atoms with Crippen LogP contribution in [-0.4, -0.2) is 11.1 Å². The SMILES string of the molecule is N=C1S/C(=C\c2cccs2)C(=O)N1c1ccccc1. The predicted octanol–water partition coefficient (Wildman–Crippen LogP) is 3.80. The molecule has 0 saturated carbocycles. The first kappa shape index (κ1) is 12.2. The van der Waals surface area contributed by atoms with Crippen LogP contribution in [0.1, 0.15) is 4.88 Å². The van der Waals surface area contributed by atoms with E-state index >= 15 is 0 Å². The number of para-hydroxylation sites is 1. The Balaban J connectivity index is 1.94. The van der Waals surface area contributed by atoms with Gasteiger partial charge in [0.15, 0.2) is 5.17 Å². The first-order valence-electron chi connectivity index (χ1n) is 5.67. The third-order valence-electron chi connectivity index (χ3n) is 2.65. The van der Waals surface area contributed by atoms with Crippen molar-refractivity contribution >= 4 is 45.9 Å². The van der Waals surface area contributed by atoms with Gasteiger partial charge in [-0.15, -0.1) is 11.3 Å². The number of hydrogen-bond acceptors (Lipinski definition) is 4. The van der Waals surface area contributed by atoms with Crippen LogP contribution in [-0.2, 0) is 4.79 Å². The van der Waals surface area contributed by atoms with Gasteiger partial charge < -0.3 is 0 Å². The number of hydrogen-bond donors (Lipinski definition) is 1. The molecule has 0 aliphatic carbocycles. The maximum Gasteiger partial charge on any atom is 0.271 e. The van der Waals surface area contributed by atoms with Crippen LogP contribution in [0.15, 0.2) is 52.7 Å². The summed E-state index contributed by atoms with van der Waals surface area (Å²) in [6.07, 6.45) is 1.84. The van der Waals surface area contributed by atoms with Crippen molar-refractivity contribution in [2.75, 3.05) is 4.90 Å². The summed E-state index contributed by atoms with van der Waals surface area (Å²) in [6.45, 7) is 0. The molecule has 1 amide bonds. The molecule has 1 aliphatic heterocycles. The smallest absolute Gasteiger partial charge is 0.271 e. The van der Waals surface area contributed by atoms with Crippen LogP contribution >= 0.6 is 23.1 Å². The molecule has 2 heterocycles. The number of amides is 1. The van der Waals surface area contributed by atoms with E-state index in [-0.39, 0.29) is 11.1 Å². The molecule has 0 bridgehead atoms. The highest BCUT2D eigenvalue weighted by Crippen LogP contribution is 2.35.